The Morgan fingerprint density at radius 3 is 2.79 bits per heavy atom. The van der Waals surface area contributed by atoms with Crippen molar-refractivity contribution in [3.8, 4) is 0 Å². The Kier molecular flexibility index (Phi) is 4.79. The van der Waals surface area contributed by atoms with Gasteiger partial charge < -0.3 is 15.3 Å². The topological polar surface area (TPSA) is 118 Å². The Labute approximate surface area is 138 Å². The Balaban J connectivity index is 2.03. The first-order valence-electron chi connectivity index (χ1n) is 8.15. The smallest absolute Gasteiger partial charge is 0.323 e. The van der Waals surface area contributed by atoms with Crippen LogP contribution >= 0.6 is 0 Å². The van der Waals surface area contributed by atoms with E-state index in [1.807, 2.05) is 0 Å². The Morgan fingerprint density at radius 1 is 1.42 bits per heavy atom. The number of hydrogen-bond acceptors (Lipinski definition) is 8. The number of rotatable bonds is 6. The van der Waals surface area contributed by atoms with Gasteiger partial charge in [0.05, 0.1) is 10.6 Å². The van der Waals surface area contributed by atoms with Crippen LogP contribution in [0.1, 0.15) is 26.2 Å². The van der Waals surface area contributed by atoms with Crippen molar-refractivity contribution in [2.24, 2.45) is 5.92 Å². The van der Waals surface area contributed by atoms with Crippen LogP contribution in [0.4, 0.5) is 17.1 Å². The van der Waals surface area contributed by atoms with E-state index in [9.17, 15) is 10.1 Å². The van der Waals surface area contributed by atoms with Crippen molar-refractivity contribution < 1.29 is 14.7 Å². The predicted octanol–water partition coefficient (Wildman–Crippen LogP) is 2.16. The van der Waals surface area contributed by atoms with Gasteiger partial charge in [-0.3, -0.25) is 10.1 Å². The molecule has 9 heteroatoms. The third-order valence-electron chi connectivity index (χ3n) is 4.45. The number of benzene rings is 1. The van der Waals surface area contributed by atoms with Gasteiger partial charge in [0, 0.05) is 26.2 Å². The number of nitrogens with zero attached hydrogens (tertiary/aromatic N) is 4. The average Bonchev–Trinajstić information content (AvgIpc) is 3.04. The molecule has 0 radical (unpaired) electrons. The average molecular weight is 335 g/mol. The highest BCUT2D eigenvalue weighted by Crippen LogP contribution is 2.39. The lowest BCUT2D eigenvalue weighted by atomic mass is 9.98. The number of fused-ring (bicyclic) bond motifs is 1. The second kappa shape index (κ2) is 7.00. The molecule has 1 aliphatic rings. The lowest BCUT2D eigenvalue weighted by molar-refractivity contribution is -0.382. The third kappa shape index (κ3) is 3.12. The zero-order chi connectivity index (χ0) is 17.1. The highest BCUT2D eigenvalue weighted by molar-refractivity contribution is 5.99. The maximum absolute atomic E-state index is 11.5. The van der Waals surface area contributed by atoms with Crippen LogP contribution < -0.4 is 10.2 Å². The molecule has 1 saturated heterocycles. The number of aliphatic hydroxyl groups is 1. The first-order chi connectivity index (χ1) is 11.6. The van der Waals surface area contributed by atoms with Crippen molar-refractivity contribution in [2.45, 2.75) is 26.2 Å². The number of anilines is 2. The van der Waals surface area contributed by atoms with Crippen LogP contribution in [0.5, 0.6) is 0 Å². The second-order valence-corrected chi connectivity index (χ2v) is 6.18. The van der Waals surface area contributed by atoms with E-state index < -0.39 is 4.92 Å². The lowest BCUT2D eigenvalue weighted by Gasteiger charge is -2.32. The molecule has 0 amide bonds. The molecule has 1 aromatic carbocycles. The number of nitro groups is 1. The summed E-state index contributed by atoms with van der Waals surface area (Å²) in [7, 11) is 0. The molecule has 130 valence electrons. The number of piperidine rings is 1. The molecule has 24 heavy (non-hydrogen) atoms. The molecule has 0 spiro atoms. The molecule has 0 atom stereocenters. The lowest BCUT2D eigenvalue weighted by Crippen LogP contribution is -2.33. The number of aromatic nitrogens is 2. The fourth-order valence-corrected chi connectivity index (χ4v) is 3.03. The van der Waals surface area contributed by atoms with Crippen LogP contribution in [0.25, 0.3) is 11.0 Å². The van der Waals surface area contributed by atoms with Crippen LogP contribution in [-0.2, 0) is 0 Å². The van der Waals surface area contributed by atoms with Gasteiger partial charge in [0.25, 0.3) is 0 Å². The van der Waals surface area contributed by atoms with Gasteiger partial charge in [0.15, 0.2) is 5.52 Å². The van der Waals surface area contributed by atoms with E-state index in [0.717, 1.165) is 31.6 Å². The number of hydrogen-bond donors (Lipinski definition) is 2. The fraction of sp³-hybridized carbons (Fsp3) is 0.600. The maximum atomic E-state index is 11.5. The molecule has 0 saturated carbocycles. The predicted molar refractivity (Wildman–Crippen MR) is 89.3 cm³/mol. The Morgan fingerprint density at radius 2 is 2.12 bits per heavy atom. The highest BCUT2D eigenvalue weighted by atomic mass is 16.6. The van der Waals surface area contributed by atoms with Crippen LogP contribution in [-0.4, -0.2) is 46.6 Å². The molecule has 1 aliphatic heterocycles. The summed E-state index contributed by atoms with van der Waals surface area (Å²) >= 11 is 0. The molecular weight excluding hydrogens is 314 g/mol. The maximum Gasteiger partial charge on any atom is 0.323 e. The molecule has 2 aromatic rings. The minimum absolute atomic E-state index is 0.0193. The van der Waals surface area contributed by atoms with Crippen molar-refractivity contribution >= 4 is 28.1 Å². The van der Waals surface area contributed by atoms with Crippen LogP contribution in [0.3, 0.4) is 0 Å². The van der Waals surface area contributed by atoms with Crippen LogP contribution in [0.15, 0.2) is 10.7 Å². The molecule has 0 bridgehead atoms. The van der Waals surface area contributed by atoms with Crippen molar-refractivity contribution in [3.63, 3.8) is 0 Å². The number of nitrogens with one attached hydrogen (secondary N) is 1. The molecular formula is C15H21N5O4. The van der Waals surface area contributed by atoms with Gasteiger partial charge in [-0.15, -0.1) is 0 Å². The zero-order valence-corrected chi connectivity index (χ0v) is 13.6. The summed E-state index contributed by atoms with van der Waals surface area (Å²) in [6.07, 6.45) is 2.64. The van der Waals surface area contributed by atoms with E-state index in [-0.39, 0.29) is 17.8 Å². The van der Waals surface area contributed by atoms with Gasteiger partial charge in [-0.2, -0.15) is 0 Å². The summed E-state index contributed by atoms with van der Waals surface area (Å²) in [5.41, 5.74) is 1.62. The van der Waals surface area contributed by atoms with Crippen LogP contribution in [0.2, 0.25) is 0 Å². The van der Waals surface area contributed by atoms with E-state index in [0.29, 0.717) is 30.1 Å². The SMILES string of the molecule is CC1CCN(c2cc(NCCCO)c([N+](=O)[O-])c3nonc23)CC1. The third-order valence-corrected chi connectivity index (χ3v) is 4.45. The summed E-state index contributed by atoms with van der Waals surface area (Å²) in [4.78, 5) is 13.2. The fourth-order valence-electron chi connectivity index (χ4n) is 3.03. The van der Waals surface area contributed by atoms with Crippen molar-refractivity contribution in [1.82, 2.24) is 10.3 Å². The van der Waals surface area contributed by atoms with E-state index in [1.165, 1.54) is 0 Å². The second-order valence-electron chi connectivity index (χ2n) is 6.18. The normalized spacial score (nSPS) is 15.8. The van der Waals surface area contributed by atoms with Gasteiger partial charge in [0.2, 0.25) is 5.52 Å². The molecule has 2 heterocycles. The first-order valence-corrected chi connectivity index (χ1v) is 8.15. The molecule has 3 rings (SSSR count). The minimum atomic E-state index is -0.476. The van der Waals surface area contributed by atoms with Crippen molar-refractivity contribution in [1.29, 1.82) is 0 Å². The van der Waals surface area contributed by atoms with E-state index in [1.54, 1.807) is 6.07 Å². The quantitative estimate of drug-likeness (QED) is 0.468. The molecule has 2 N–H and O–H groups in total. The van der Waals surface area contributed by atoms with Gasteiger partial charge in [-0.1, -0.05) is 6.92 Å². The van der Waals surface area contributed by atoms with Crippen LogP contribution in [0, 0.1) is 16.0 Å². The Hall–Kier alpha value is -2.42. The molecule has 1 fully saturated rings. The first kappa shape index (κ1) is 16.4. The van der Waals surface area contributed by atoms with E-state index in [2.05, 4.69) is 27.5 Å². The standard InChI is InChI=1S/C15H21N5O4/c1-10-3-6-19(7-4-10)12-9-11(16-5-2-8-21)15(20(22)23)14-13(12)17-24-18-14/h9-10,16,21H,2-8H2,1H3. The molecule has 1 aromatic heterocycles. The largest absolute Gasteiger partial charge is 0.396 e. The summed E-state index contributed by atoms with van der Waals surface area (Å²) in [6, 6.07) is 1.75. The summed E-state index contributed by atoms with van der Waals surface area (Å²) in [5, 5.41) is 31.1. The number of nitro benzene ring substituents is 1. The minimum Gasteiger partial charge on any atom is -0.396 e. The van der Waals surface area contributed by atoms with Gasteiger partial charge >= 0.3 is 5.69 Å². The van der Waals surface area contributed by atoms with Crippen molar-refractivity contribution in [2.75, 3.05) is 36.5 Å². The number of aliphatic hydroxyl groups excluding tert-OH is 1. The molecule has 9 nitrogen and oxygen atoms in total. The van der Waals surface area contributed by atoms with E-state index in [4.69, 9.17) is 9.74 Å². The summed E-state index contributed by atoms with van der Waals surface area (Å²) in [5.74, 6) is 0.673. The monoisotopic (exact) mass is 335 g/mol. The van der Waals surface area contributed by atoms with Crippen molar-refractivity contribution in [3.05, 3.63) is 16.2 Å². The van der Waals surface area contributed by atoms with Gasteiger partial charge in [0.1, 0.15) is 5.69 Å². The highest BCUT2D eigenvalue weighted by Gasteiger charge is 2.28. The summed E-state index contributed by atoms with van der Waals surface area (Å²) in [6.45, 7) is 4.42. The zero-order valence-electron chi connectivity index (χ0n) is 13.6. The van der Waals surface area contributed by atoms with Gasteiger partial charge in [-0.05, 0) is 41.6 Å². The molecule has 0 aliphatic carbocycles. The summed E-state index contributed by atoms with van der Waals surface area (Å²) < 4.78 is 4.79. The van der Waals surface area contributed by atoms with Gasteiger partial charge in [-0.25, -0.2) is 4.63 Å². The Bertz CT molecular complexity index is 724. The van der Waals surface area contributed by atoms with E-state index >= 15 is 0 Å². The molecule has 0 unspecified atom stereocenters.